The quantitative estimate of drug-likeness (QED) is 0.0918. The normalized spacial score (nSPS) is 12.6. The zero-order valence-corrected chi connectivity index (χ0v) is 30.8. The van der Waals surface area contributed by atoms with Gasteiger partial charge in [0.1, 0.15) is 22.6 Å². The number of carbonyl (C=O) groups is 2. The van der Waals surface area contributed by atoms with Crippen LogP contribution in [0.25, 0.3) is 0 Å². The number of pyridine rings is 1. The molecule has 0 saturated carbocycles. The van der Waals surface area contributed by atoms with Crippen LogP contribution in [0.2, 0.25) is 0 Å². The highest BCUT2D eigenvalue weighted by Gasteiger charge is 2.43. The molecule has 0 bridgehead atoms. The van der Waals surface area contributed by atoms with Crippen LogP contribution in [0.5, 0.6) is 0 Å². The summed E-state index contributed by atoms with van der Waals surface area (Å²) in [6, 6.07) is 59.5. The van der Waals surface area contributed by atoms with Crippen molar-refractivity contribution in [2.24, 2.45) is 0 Å². The van der Waals surface area contributed by atoms with Gasteiger partial charge in [-0.15, -0.1) is 0 Å². The molecule has 2 amide bonds. The molecule has 2 atom stereocenters. The lowest BCUT2D eigenvalue weighted by atomic mass is 9.77. The van der Waals surface area contributed by atoms with Crippen LogP contribution in [0.15, 0.2) is 200 Å². The van der Waals surface area contributed by atoms with Crippen molar-refractivity contribution in [3.05, 3.63) is 245 Å². The minimum Gasteiger partial charge on any atom is -0.378 e. The van der Waals surface area contributed by atoms with Gasteiger partial charge in [0.15, 0.2) is 0 Å². The van der Waals surface area contributed by atoms with Gasteiger partial charge < -0.3 is 20.8 Å². The molecule has 0 aliphatic rings. The molecule has 7 rings (SSSR count). The topological polar surface area (TPSA) is 112 Å². The summed E-state index contributed by atoms with van der Waals surface area (Å²) in [5, 5.41) is 31.8. The first-order chi connectivity index (χ1) is 27.4. The third-order valence-electron chi connectivity index (χ3n) is 10.3. The summed E-state index contributed by atoms with van der Waals surface area (Å²) in [6.45, 7) is 0. The number of benzene rings is 6. The fourth-order valence-electron chi connectivity index (χ4n) is 7.37. The Morgan fingerprint density at radius 1 is 0.411 bits per heavy atom. The maximum atomic E-state index is 14.3. The largest absolute Gasteiger partial charge is 0.378 e. The maximum absolute atomic E-state index is 14.3. The maximum Gasteiger partial charge on any atom is 0.270 e. The first-order valence-electron chi connectivity index (χ1n) is 18.7. The van der Waals surface area contributed by atoms with Crippen LogP contribution in [0.3, 0.4) is 0 Å². The smallest absolute Gasteiger partial charge is 0.270 e. The van der Waals surface area contributed by atoms with E-state index in [0.717, 1.165) is 11.1 Å². The SMILES string of the molecule is O=C(N[C@@H](Cc1ccccc1)C(O)(c1ccccc1)c1ccccc1)c1cccc(C(=O)N[C@@H](Cc2ccccc2)C(O)(c2ccccc2)c2ccccc2)n1. The summed E-state index contributed by atoms with van der Waals surface area (Å²) in [7, 11) is 0. The summed E-state index contributed by atoms with van der Waals surface area (Å²) in [5.74, 6) is -1.12. The molecule has 7 aromatic rings. The number of aromatic nitrogens is 1. The summed E-state index contributed by atoms with van der Waals surface area (Å²) < 4.78 is 0. The molecular formula is C49H43N3O4. The van der Waals surface area contributed by atoms with Crippen molar-refractivity contribution >= 4 is 11.8 Å². The average Bonchev–Trinajstić information content (AvgIpc) is 3.27. The van der Waals surface area contributed by atoms with Crippen LogP contribution < -0.4 is 10.6 Å². The Labute approximate surface area is 327 Å². The molecule has 278 valence electrons. The highest BCUT2D eigenvalue weighted by atomic mass is 16.3. The van der Waals surface area contributed by atoms with Gasteiger partial charge in [-0.25, -0.2) is 4.98 Å². The Balaban J connectivity index is 1.23. The lowest BCUT2D eigenvalue weighted by Gasteiger charge is -2.38. The molecular weight excluding hydrogens is 695 g/mol. The fourth-order valence-corrected chi connectivity index (χ4v) is 7.37. The molecule has 0 radical (unpaired) electrons. The van der Waals surface area contributed by atoms with E-state index in [1.165, 1.54) is 0 Å². The molecule has 0 fully saturated rings. The Morgan fingerprint density at radius 3 is 0.964 bits per heavy atom. The van der Waals surface area contributed by atoms with Crippen LogP contribution in [-0.2, 0) is 24.0 Å². The van der Waals surface area contributed by atoms with Crippen molar-refractivity contribution in [1.82, 2.24) is 15.6 Å². The second-order valence-electron chi connectivity index (χ2n) is 13.8. The van der Waals surface area contributed by atoms with Crippen molar-refractivity contribution in [2.45, 2.75) is 36.1 Å². The molecule has 4 N–H and O–H groups in total. The number of hydrogen-bond donors (Lipinski definition) is 4. The van der Waals surface area contributed by atoms with Gasteiger partial charge in [-0.05, 0) is 58.4 Å². The number of nitrogens with zero attached hydrogens (tertiary/aromatic N) is 1. The van der Waals surface area contributed by atoms with Crippen LogP contribution in [-0.4, -0.2) is 39.1 Å². The average molecular weight is 738 g/mol. The minimum absolute atomic E-state index is 0.000162. The first kappa shape index (κ1) is 37.6. The van der Waals surface area contributed by atoms with Gasteiger partial charge in [-0.1, -0.05) is 188 Å². The van der Waals surface area contributed by atoms with Gasteiger partial charge in [-0.3, -0.25) is 9.59 Å². The summed E-state index contributed by atoms with van der Waals surface area (Å²) in [5.41, 5.74) is 1.02. The standard InChI is InChI=1S/C49H43N3O4/c53-46(51-44(34-36-20-7-1-8-21-36)48(55,38-24-11-3-12-25-38)39-26-13-4-14-27-39)42-32-19-33-43(50-42)47(54)52-45(35-37-22-9-2-10-23-37)49(56,40-28-15-5-16-29-40)41-30-17-6-18-31-41/h1-33,44-45,55-56H,34-35H2,(H,51,53)(H,52,54)/t44-,45-/m0/s1. The van der Waals surface area contributed by atoms with Crippen LogP contribution in [0.4, 0.5) is 0 Å². The van der Waals surface area contributed by atoms with E-state index in [0.29, 0.717) is 35.1 Å². The molecule has 1 heterocycles. The highest BCUT2D eigenvalue weighted by molar-refractivity contribution is 5.96. The van der Waals surface area contributed by atoms with Crippen molar-refractivity contribution in [3.63, 3.8) is 0 Å². The van der Waals surface area contributed by atoms with Gasteiger partial charge in [0.25, 0.3) is 11.8 Å². The molecule has 0 unspecified atom stereocenters. The van der Waals surface area contributed by atoms with Crippen LogP contribution >= 0.6 is 0 Å². The number of hydrogen-bond acceptors (Lipinski definition) is 5. The van der Waals surface area contributed by atoms with E-state index >= 15 is 0 Å². The Kier molecular flexibility index (Phi) is 11.6. The third-order valence-corrected chi connectivity index (χ3v) is 10.3. The number of rotatable bonds is 14. The molecule has 7 heteroatoms. The van der Waals surface area contributed by atoms with Gasteiger partial charge >= 0.3 is 0 Å². The Hall–Kier alpha value is -6.67. The van der Waals surface area contributed by atoms with Crippen molar-refractivity contribution in [2.75, 3.05) is 0 Å². The number of amides is 2. The monoisotopic (exact) mass is 737 g/mol. The predicted octanol–water partition coefficient (Wildman–Crippen LogP) is 7.64. The van der Waals surface area contributed by atoms with E-state index in [-0.39, 0.29) is 11.4 Å². The zero-order chi connectivity index (χ0) is 38.8. The van der Waals surface area contributed by atoms with E-state index in [9.17, 15) is 19.8 Å². The van der Waals surface area contributed by atoms with Crippen molar-refractivity contribution in [3.8, 4) is 0 Å². The fraction of sp³-hybridized carbons (Fsp3) is 0.122. The molecule has 7 nitrogen and oxygen atoms in total. The van der Waals surface area contributed by atoms with Gasteiger partial charge in [0.2, 0.25) is 0 Å². The molecule has 0 saturated heterocycles. The molecule has 6 aromatic carbocycles. The molecule has 0 aliphatic heterocycles. The predicted molar refractivity (Wildman–Crippen MR) is 219 cm³/mol. The van der Waals surface area contributed by atoms with Gasteiger partial charge in [0, 0.05) is 0 Å². The van der Waals surface area contributed by atoms with Crippen LogP contribution in [0, 0.1) is 0 Å². The van der Waals surface area contributed by atoms with Gasteiger partial charge in [0.05, 0.1) is 12.1 Å². The summed E-state index contributed by atoms with van der Waals surface area (Å²) in [6.07, 6.45) is 0.595. The first-order valence-corrected chi connectivity index (χ1v) is 18.7. The summed E-state index contributed by atoms with van der Waals surface area (Å²) in [4.78, 5) is 33.1. The van der Waals surface area contributed by atoms with E-state index in [1.54, 1.807) is 18.2 Å². The van der Waals surface area contributed by atoms with E-state index in [1.807, 2.05) is 182 Å². The Bertz CT molecular complexity index is 2080. The van der Waals surface area contributed by atoms with Crippen molar-refractivity contribution in [1.29, 1.82) is 0 Å². The Morgan fingerprint density at radius 2 is 0.679 bits per heavy atom. The zero-order valence-electron chi connectivity index (χ0n) is 30.8. The number of nitrogens with one attached hydrogen (secondary N) is 2. The third kappa shape index (κ3) is 8.20. The molecule has 0 spiro atoms. The lowest BCUT2D eigenvalue weighted by molar-refractivity contribution is 0.0340. The number of aliphatic hydroxyl groups is 2. The van der Waals surface area contributed by atoms with Crippen molar-refractivity contribution < 1.29 is 19.8 Å². The number of carbonyl (C=O) groups excluding carboxylic acids is 2. The molecule has 0 aliphatic carbocycles. The second kappa shape index (κ2) is 17.2. The van der Waals surface area contributed by atoms with Crippen LogP contribution in [0.1, 0.15) is 54.4 Å². The molecule has 1 aromatic heterocycles. The lowest BCUT2D eigenvalue weighted by Crippen LogP contribution is -2.53. The highest BCUT2D eigenvalue weighted by Crippen LogP contribution is 2.36. The van der Waals surface area contributed by atoms with E-state index in [2.05, 4.69) is 15.6 Å². The van der Waals surface area contributed by atoms with E-state index < -0.39 is 35.1 Å². The van der Waals surface area contributed by atoms with Gasteiger partial charge in [-0.2, -0.15) is 0 Å². The summed E-state index contributed by atoms with van der Waals surface area (Å²) >= 11 is 0. The second-order valence-corrected chi connectivity index (χ2v) is 13.8. The minimum atomic E-state index is -1.63. The molecule has 56 heavy (non-hydrogen) atoms. The van der Waals surface area contributed by atoms with E-state index in [4.69, 9.17) is 0 Å².